The highest BCUT2D eigenvalue weighted by molar-refractivity contribution is 5.97. The maximum atomic E-state index is 13.4. The lowest BCUT2D eigenvalue weighted by Crippen LogP contribution is -2.43. The number of carbonyl (C=O) groups is 2. The molecule has 27 heavy (non-hydrogen) atoms. The Morgan fingerprint density at radius 3 is 2.48 bits per heavy atom. The number of methoxy groups -OCH3 is 1. The number of hydrogen-bond acceptors (Lipinski definition) is 3. The molecule has 0 saturated heterocycles. The summed E-state index contributed by atoms with van der Waals surface area (Å²) in [5, 5.41) is 4.50. The molecule has 138 valence electrons. The van der Waals surface area contributed by atoms with E-state index in [1.807, 2.05) is 42.5 Å². The molecule has 0 spiro atoms. The number of benzene rings is 3. The van der Waals surface area contributed by atoms with Crippen molar-refractivity contribution < 1.29 is 23.1 Å². The van der Waals surface area contributed by atoms with Gasteiger partial charge in [-0.25, -0.2) is 13.6 Å². The van der Waals surface area contributed by atoms with Crippen molar-refractivity contribution in [3.05, 3.63) is 83.4 Å². The highest BCUT2D eigenvalue weighted by atomic mass is 19.2. The Hall–Kier alpha value is -3.28. The SMILES string of the molecule is COC(=O)[C@@H](Cc1cccc2ccccc12)NC(=O)c1ccc(F)c(F)c1. The normalized spacial score (nSPS) is 11.8. The second-order valence-electron chi connectivity index (χ2n) is 6.02. The van der Waals surface area contributed by atoms with Crippen molar-refractivity contribution in [1.82, 2.24) is 5.32 Å². The third kappa shape index (κ3) is 4.11. The fourth-order valence-electron chi connectivity index (χ4n) is 2.90. The predicted octanol–water partition coefficient (Wildman–Crippen LogP) is 3.63. The Morgan fingerprint density at radius 1 is 1.00 bits per heavy atom. The molecular formula is C21H17F2NO3. The van der Waals surface area contributed by atoms with E-state index in [9.17, 15) is 18.4 Å². The zero-order valence-corrected chi connectivity index (χ0v) is 14.5. The van der Waals surface area contributed by atoms with Gasteiger partial charge in [-0.3, -0.25) is 4.79 Å². The Morgan fingerprint density at radius 2 is 1.74 bits per heavy atom. The Labute approximate surface area is 154 Å². The summed E-state index contributed by atoms with van der Waals surface area (Å²) < 4.78 is 31.2. The largest absolute Gasteiger partial charge is 0.467 e. The molecule has 0 aliphatic heterocycles. The van der Waals surface area contributed by atoms with Gasteiger partial charge in [0.25, 0.3) is 5.91 Å². The molecule has 0 unspecified atom stereocenters. The number of hydrogen-bond donors (Lipinski definition) is 1. The van der Waals surface area contributed by atoms with Gasteiger partial charge in [-0.15, -0.1) is 0 Å². The molecule has 0 fully saturated rings. The lowest BCUT2D eigenvalue weighted by atomic mass is 9.98. The van der Waals surface area contributed by atoms with Crippen LogP contribution in [0, 0.1) is 11.6 Å². The summed E-state index contributed by atoms with van der Waals surface area (Å²) in [6, 6.07) is 15.2. The van der Waals surface area contributed by atoms with E-state index in [2.05, 4.69) is 5.32 Å². The molecule has 3 rings (SSSR count). The molecule has 1 atom stereocenters. The van der Waals surface area contributed by atoms with Gasteiger partial charge in [-0.2, -0.15) is 0 Å². The lowest BCUT2D eigenvalue weighted by Gasteiger charge is -2.18. The maximum Gasteiger partial charge on any atom is 0.328 e. The number of nitrogens with one attached hydrogen (secondary N) is 1. The van der Waals surface area contributed by atoms with E-state index in [1.165, 1.54) is 7.11 Å². The number of fused-ring (bicyclic) bond motifs is 1. The first-order chi connectivity index (χ1) is 13.0. The quantitative estimate of drug-likeness (QED) is 0.699. The van der Waals surface area contributed by atoms with Crippen LogP contribution < -0.4 is 5.32 Å². The molecule has 0 saturated carbocycles. The van der Waals surface area contributed by atoms with Crippen LogP contribution in [0.25, 0.3) is 10.8 Å². The molecule has 0 heterocycles. The zero-order valence-electron chi connectivity index (χ0n) is 14.5. The highest BCUT2D eigenvalue weighted by Gasteiger charge is 2.24. The van der Waals surface area contributed by atoms with E-state index in [0.29, 0.717) is 0 Å². The van der Waals surface area contributed by atoms with E-state index in [4.69, 9.17) is 4.74 Å². The second-order valence-corrected chi connectivity index (χ2v) is 6.02. The number of esters is 1. The summed E-state index contributed by atoms with van der Waals surface area (Å²) in [6.07, 6.45) is 0.198. The van der Waals surface area contributed by atoms with Crippen LogP contribution in [0.2, 0.25) is 0 Å². The van der Waals surface area contributed by atoms with Crippen molar-refractivity contribution in [2.24, 2.45) is 0 Å². The molecule has 0 aliphatic carbocycles. The second kappa shape index (κ2) is 7.95. The van der Waals surface area contributed by atoms with Crippen LogP contribution in [0.1, 0.15) is 15.9 Å². The minimum absolute atomic E-state index is 0.0827. The van der Waals surface area contributed by atoms with Crippen LogP contribution in [0.15, 0.2) is 60.7 Å². The first-order valence-electron chi connectivity index (χ1n) is 8.30. The van der Waals surface area contributed by atoms with Gasteiger partial charge in [0.15, 0.2) is 11.6 Å². The Kier molecular flexibility index (Phi) is 5.45. The van der Waals surface area contributed by atoms with Crippen LogP contribution in [0.4, 0.5) is 8.78 Å². The number of amides is 1. The van der Waals surface area contributed by atoms with Gasteiger partial charge in [0.05, 0.1) is 7.11 Å². The monoisotopic (exact) mass is 369 g/mol. The van der Waals surface area contributed by atoms with Crippen LogP contribution in [0.5, 0.6) is 0 Å². The van der Waals surface area contributed by atoms with E-state index in [-0.39, 0.29) is 12.0 Å². The van der Waals surface area contributed by atoms with E-state index in [1.54, 1.807) is 0 Å². The minimum atomic E-state index is -1.13. The van der Waals surface area contributed by atoms with Gasteiger partial charge >= 0.3 is 5.97 Å². The molecule has 4 nitrogen and oxygen atoms in total. The molecule has 1 N–H and O–H groups in total. The van der Waals surface area contributed by atoms with Crippen LogP contribution >= 0.6 is 0 Å². The molecule has 0 radical (unpaired) electrons. The number of halogens is 2. The fourth-order valence-corrected chi connectivity index (χ4v) is 2.90. The molecule has 3 aromatic carbocycles. The summed E-state index contributed by atoms with van der Waals surface area (Å²) in [4.78, 5) is 24.6. The van der Waals surface area contributed by atoms with Crippen LogP contribution in [-0.4, -0.2) is 25.0 Å². The summed E-state index contributed by atoms with van der Waals surface area (Å²) in [6.45, 7) is 0. The van der Waals surface area contributed by atoms with Gasteiger partial charge in [0.2, 0.25) is 0 Å². The topological polar surface area (TPSA) is 55.4 Å². The molecular weight excluding hydrogens is 352 g/mol. The standard InChI is InChI=1S/C21H17F2NO3/c1-27-21(26)19(24-20(25)15-9-10-17(22)18(23)11-15)12-14-7-4-6-13-5-2-3-8-16(13)14/h2-11,19H,12H2,1H3,(H,24,25)/t19-/m1/s1. The molecule has 0 bridgehead atoms. The van der Waals surface area contributed by atoms with Crippen molar-refractivity contribution in [3.8, 4) is 0 Å². The third-order valence-electron chi connectivity index (χ3n) is 4.28. The number of ether oxygens (including phenoxy) is 1. The van der Waals surface area contributed by atoms with Gasteiger partial charge < -0.3 is 10.1 Å². The first kappa shape index (κ1) is 18.5. The van der Waals surface area contributed by atoms with Crippen LogP contribution in [0.3, 0.4) is 0 Å². The molecule has 3 aromatic rings. The number of rotatable bonds is 5. The lowest BCUT2D eigenvalue weighted by molar-refractivity contribution is -0.142. The van der Waals surface area contributed by atoms with Crippen molar-refractivity contribution in [3.63, 3.8) is 0 Å². The average Bonchev–Trinajstić information content (AvgIpc) is 2.69. The van der Waals surface area contributed by atoms with Crippen molar-refractivity contribution in [2.45, 2.75) is 12.5 Å². The van der Waals surface area contributed by atoms with Crippen LogP contribution in [-0.2, 0) is 16.0 Å². The average molecular weight is 369 g/mol. The van der Waals surface area contributed by atoms with Gasteiger partial charge in [0, 0.05) is 12.0 Å². The van der Waals surface area contributed by atoms with Crippen molar-refractivity contribution in [1.29, 1.82) is 0 Å². The molecule has 0 aliphatic rings. The van der Waals surface area contributed by atoms with E-state index in [0.717, 1.165) is 34.5 Å². The first-order valence-corrected chi connectivity index (χ1v) is 8.30. The van der Waals surface area contributed by atoms with E-state index >= 15 is 0 Å². The molecule has 1 amide bonds. The summed E-state index contributed by atoms with van der Waals surface area (Å²) >= 11 is 0. The van der Waals surface area contributed by atoms with Gasteiger partial charge in [0.1, 0.15) is 6.04 Å². The summed E-state index contributed by atoms with van der Waals surface area (Å²) in [5.74, 6) is -3.50. The van der Waals surface area contributed by atoms with Gasteiger partial charge in [-0.05, 0) is 34.5 Å². The third-order valence-corrected chi connectivity index (χ3v) is 4.28. The number of carbonyl (C=O) groups excluding carboxylic acids is 2. The zero-order chi connectivity index (χ0) is 19.4. The van der Waals surface area contributed by atoms with Crippen molar-refractivity contribution >= 4 is 22.6 Å². The maximum absolute atomic E-state index is 13.4. The van der Waals surface area contributed by atoms with Crippen molar-refractivity contribution in [2.75, 3.05) is 7.11 Å². The minimum Gasteiger partial charge on any atom is -0.467 e. The van der Waals surface area contributed by atoms with Gasteiger partial charge in [-0.1, -0.05) is 42.5 Å². The molecule has 0 aromatic heterocycles. The summed E-state index contributed by atoms with van der Waals surface area (Å²) in [7, 11) is 1.22. The fraction of sp³-hybridized carbons (Fsp3) is 0.143. The van der Waals surface area contributed by atoms with E-state index < -0.39 is 29.6 Å². The summed E-state index contributed by atoms with van der Waals surface area (Å²) in [5.41, 5.74) is 0.773. The smallest absolute Gasteiger partial charge is 0.328 e. The predicted molar refractivity (Wildman–Crippen MR) is 97.3 cm³/mol. The Balaban J connectivity index is 1.86. The highest BCUT2D eigenvalue weighted by Crippen LogP contribution is 2.20. The molecule has 6 heteroatoms. The Bertz CT molecular complexity index is 998.